The van der Waals surface area contributed by atoms with E-state index in [0.29, 0.717) is 6.61 Å². The van der Waals surface area contributed by atoms with Gasteiger partial charge in [0.05, 0.1) is 38.5 Å². The van der Waals surface area contributed by atoms with Crippen LogP contribution in [0.5, 0.6) is 5.75 Å². The highest BCUT2D eigenvalue weighted by Crippen LogP contribution is 2.27. The number of piperazine rings is 1. The third kappa shape index (κ3) is 3.22. The first kappa shape index (κ1) is 14.7. The third-order valence-electron chi connectivity index (χ3n) is 3.95. The topological polar surface area (TPSA) is 60.0 Å². The van der Waals surface area contributed by atoms with Crippen LogP contribution in [0.1, 0.15) is 13.8 Å². The number of benzene rings is 1. The van der Waals surface area contributed by atoms with Crippen molar-refractivity contribution in [3.8, 4) is 5.75 Å². The van der Waals surface area contributed by atoms with Gasteiger partial charge in [-0.1, -0.05) is 12.1 Å². The van der Waals surface area contributed by atoms with Gasteiger partial charge >= 0.3 is 0 Å². The van der Waals surface area contributed by atoms with Crippen LogP contribution in [-0.2, 0) is 4.79 Å². The van der Waals surface area contributed by atoms with Crippen LogP contribution >= 0.6 is 0 Å². The summed E-state index contributed by atoms with van der Waals surface area (Å²) in [5.41, 5.74) is 6.52. The van der Waals surface area contributed by atoms with Crippen LogP contribution in [0.15, 0.2) is 24.3 Å². The van der Waals surface area contributed by atoms with Gasteiger partial charge in [-0.2, -0.15) is 0 Å². The Morgan fingerprint density at radius 3 is 2.65 bits per heavy atom. The number of primary amides is 1. The lowest BCUT2D eigenvalue weighted by atomic mass is 10.2. The summed E-state index contributed by atoms with van der Waals surface area (Å²) in [4.78, 5) is 14.8. The van der Waals surface area contributed by atoms with Crippen LogP contribution < -0.4 is 20.3 Å². The molecule has 1 fully saturated rings. The second-order valence-electron chi connectivity index (χ2n) is 5.17. The van der Waals surface area contributed by atoms with Crippen molar-refractivity contribution in [1.29, 1.82) is 0 Å². The summed E-state index contributed by atoms with van der Waals surface area (Å²) in [7, 11) is 0. The minimum absolute atomic E-state index is 0.112. The number of anilines is 1. The molecule has 0 unspecified atom stereocenters. The van der Waals surface area contributed by atoms with Crippen LogP contribution in [0, 0.1) is 0 Å². The maximum atomic E-state index is 11.3. The highest BCUT2D eigenvalue weighted by Gasteiger charge is 2.28. The number of nitrogens with one attached hydrogen (secondary N) is 1. The van der Waals surface area contributed by atoms with Crippen LogP contribution in [0.3, 0.4) is 0 Å². The fraction of sp³-hybridized carbons (Fsp3) is 0.533. The molecular formula is C15H24N3O2+. The molecule has 20 heavy (non-hydrogen) atoms. The number of ether oxygens (including phenoxy) is 1. The van der Waals surface area contributed by atoms with Crippen molar-refractivity contribution in [1.82, 2.24) is 0 Å². The number of quaternary nitrogens is 1. The highest BCUT2D eigenvalue weighted by molar-refractivity contribution is 5.77. The van der Waals surface area contributed by atoms with Gasteiger partial charge in [-0.15, -0.1) is 0 Å². The van der Waals surface area contributed by atoms with Gasteiger partial charge < -0.3 is 20.3 Å². The first-order chi connectivity index (χ1) is 9.63. The quantitative estimate of drug-likeness (QED) is 0.775. The summed E-state index contributed by atoms with van der Waals surface area (Å²) in [5, 5.41) is 0. The highest BCUT2D eigenvalue weighted by atomic mass is 16.5. The van der Waals surface area contributed by atoms with Gasteiger partial charge in [0.1, 0.15) is 5.75 Å². The molecule has 0 radical (unpaired) electrons. The van der Waals surface area contributed by atoms with Gasteiger partial charge in [-0.3, -0.25) is 4.79 Å². The van der Waals surface area contributed by atoms with Crippen molar-refractivity contribution >= 4 is 11.6 Å². The smallest absolute Gasteiger partial charge is 0.275 e. The standard InChI is InChI=1S/C15H23N3O2/c1-3-20-14-7-5-4-6-13(14)18-10-8-17(9-11-18)12(2)15(16)19/h4-7,12H,3,8-11H2,1-2H3,(H2,16,19)/p+1/t12-/m0/s1. The van der Waals surface area contributed by atoms with E-state index >= 15 is 0 Å². The van der Waals surface area contributed by atoms with E-state index in [1.54, 1.807) is 0 Å². The second kappa shape index (κ2) is 6.61. The average Bonchev–Trinajstić information content (AvgIpc) is 2.47. The van der Waals surface area contributed by atoms with Crippen molar-refractivity contribution in [3.05, 3.63) is 24.3 Å². The minimum atomic E-state index is -0.219. The zero-order valence-corrected chi connectivity index (χ0v) is 12.3. The summed E-state index contributed by atoms with van der Waals surface area (Å²) in [6, 6.07) is 8.01. The molecule has 5 heteroatoms. The van der Waals surface area contributed by atoms with Crippen molar-refractivity contribution in [2.24, 2.45) is 5.73 Å². The second-order valence-corrected chi connectivity index (χ2v) is 5.17. The van der Waals surface area contributed by atoms with Crippen molar-refractivity contribution in [2.45, 2.75) is 19.9 Å². The Morgan fingerprint density at radius 2 is 2.05 bits per heavy atom. The molecule has 3 N–H and O–H groups in total. The first-order valence-corrected chi connectivity index (χ1v) is 7.24. The van der Waals surface area contributed by atoms with E-state index in [9.17, 15) is 4.79 Å². The Labute approximate surface area is 120 Å². The Hall–Kier alpha value is -1.75. The zero-order chi connectivity index (χ0) is 14.5. The number of hydrogen-bond acceptors (Lipinski definition) is 3. The number of hydrogen-bond donors (Lipinski definition) is 2. The van der Waals surface area contributed by atoms with Gasteiger partial charge in [0.25, 0.3) is 5.91 Å². The molecule has 2 rings (SSSR count). The molecule has 0 spiro atoms. The van der Waals surface area contributed by atoms with Gasteiger partial charge in [-0.05, 0) is 26.0 Å². The molecule has 1 atom stereocenters. The lowest BCUT2D eigenvalue weighted by Gasteiger charge is -2.36. The fourth-order valence-corrected chi connectivity index (χ4v) is 2.67. The monoisotopic (exact) mass is 278 g/mol. The Balaban J connectivity index is 2.02. The summed E-state index contributed by atoms with van der Waals surface area (Å²) in [6.45, 7) is 8.24. The molecule has 0 bridgehead atoms. The summed E-state index contributed by atoms with van der Waals surface area (Å²) in [5.74, 6) is 0.713. The lowest BCUT2D eigenvalue weighted by molar-refractivity contribution is -0.914. The molecule has 0 saturated carbocycles. The maximum absolute atomic E-state index is 11.3. The van der Waals surface area contributed by atoms with Crippen LogP contribution in [0.4, 0.5) is 5.69 Å². The summed E-state index contributed by atoms with van der Waals surface area (Å²) >= 11 is 0. The Morgan fingerprint density at radius 1 is 1.40 bits per heavy atom. The van der Waals surface area contributed by atoms with Crippen LogP contribution in [0.25, 0.3) is 0 Å². The number of rotatable bonds is 5. The molecule has 0 aliphatic carbocycles. The molecule has 1 aliphatic heterocycles. The van der Waals surface area contributed by atoms with E-state index in [4.69, 9.17) is 10.5 Å². The van der Waals surface area contributed by atoms with Gasteiger partial charge in [0.2, 0.25) is 0 Å². The molecule has 1 aromatic rings. The molecular weight excluding hydrogens is 254 g/mol. The lowest BCUT2D eigenvalue weighted by Crippen LogP contribution is -3.19. The van der Waals surface area contributed by atoms with E-state index in [-0.39, 0.29) is 11.9 Å². The number of carbonyl (C=O) groups is 1. The van der Waals surface area contributed by atoms with Crippen LogP contribution in [-0.4, -0.2) is 44.7 Å². The van der Waals surface area contributed by atoms with E-state index in [1.165, 1.54) is 4.90 Å². The molecule has 1 amide bonds. The number of para-hydroxylation sites is 2. The number of amides is 1. The van der Waals surface area contributed by atoms with Crippen molar-refractivity contribution < 1.29 is 14.4 Å². The summed E-state index contributed by atoms with van der Waals surface area (Å²) in [6.07, 6.45) is 0. The Bertz CT molecular complexity index is 456. The molecule has 1 aromatic carbocycles. The average molecular weight is 278 g/mol. The molecule has 1 aliphatic rings. The van der Waals surface area contributed by atoms with E-state index < -0.39 is 0 Å². The molecule has 0 aromatic heterocycles. The first-order valence-electron chi connectivity index (χ1n) is 7.24. The molecule has 110 valence electrons. The predicted molar refractivity (Wildman–Crippen MR) is 79.2 cm³/mol. The maximum Gasteiger partial charge on any atom is 0.275 e. The minimum Gasteiger partial charge on any atom is -0.492 e. The number of nitrogens with zero attached hydrogens (tertiary/aromatic N) is 1. The van der Waals surface area contributed by atoms with Gasteiger partial charge in [0, 0.05) is 0 Å². The summed E-state index contributed by atoms with van der Waals surface area (Å²) < 4.78 is 5.68. The Kier molecular flexibility index (Phi) is 4.84. The number of nitrogens with two attached hydrogens (primary N) is 1. The fourth-order valence-electron chi connectivity index (χ4n) is 2.67. The largest absolute Gasteiger partial charge is 0.492 e. The number of carbonyl (C=O) groups excluding carboxylic acids is 1. The normalized spacial score (nSPS) is 17.8. The molecule has 5 nitrogen and oxygen atoms in total. The van der Waals surface area contributed by atoms with E-state index in [2.05, 4.69) is 11.0 Å². The zero-order valence-electron chi connectivity index (χ0n) is 12.3. The third-order valence-corrected chi connectivity index (χ3v) is 3.95. The van der Waals surface area contributed by atoms with Gasteiger partial charge in [0.15, 0.2) is 6.04 Å². The SMILES string of the molecule is CCOc1ccccc1N1CC[NH+]([C@@H](C)C(N)=O)CC1. The van der Waals surface area contributed by atoms with Crippen LogP contribution in [0.2, 0.25) is 0 Å². The van der Waals surface area contributed by atoms with Crippen molar-refractivity contribution in [3.63, 3.8) is 0 Å². The van der Waals surface area contributed by atoms with E-state index in [1.807, 2.05) is 32.0 Å². The van der Waals surface area contributed by atoms with Crippen molar-refractivity contribution in [2.75, 3.05) is 37.7 Å². The molecule has 1 saturated heterocycles. The molecule has 1 heterocycles. The van der Waals surface area contributed by atoms with Gasteiger partial charge in [-0.25, -0.2) is 0 Å². The predicted octanol–water partition coefficient (Wildman–Crippen LogP) is -0.336. The van der Waals surface area contributed by atoms with E-state index in [0.717, 1.165) is 37.6 Å².